The molecule has 0 spiro atoms. The van der Waals surface area contributed by atoms with Crippen molar-refractivity contribution in [1.82, 2.24) is 19.7 Å². The van der Waals surface area contributed by atoms with Gasteiger partial charge in [-0.1, -0.05) is 6.07 Å². The van der Waals surface area contributed by atoms with E-state index in [1.54, 1.807) is 16.7 Å². The number of aryl methyl sites for hydroxylation is 1. The topological polar surface area (TPSA) is 52.9 Å². The molecule has 29 heavy (non-hydrogen) atoms. The van der Waals surface area contributed by atoms with Crippen molar-refractivity contribution < 1.29 is 13.2 Å². The Morgan fingerprint density at radius 3 is 2.48 bits per heavy atom. The lowest BCUT2D eigenvalue weighted by Crippen LogP contribution is -2.56. The average Bonchev–Trinajstić information content (AvgIpc) is 2.67. The summed E-state index contributed by atoms with van der Waals surface area (Å²) < 4.78 is 40.5. The Bertz CT molecular complexity index is 724. The van der Waals surface area contributed by atoms with Crippen LogP contribution >= 0.6 is 0 Å². The Morgan fingerprint density at radius 1 is 1.21 bits per heavy atom. The number of hydrogen-bond donors (Lipinski definition) is 1. The molecule has 164 valence electrons. The summed E-state index contributed by atoms with van der Waals surface area (Å²) in [5, 5.41) is 3.23. The third kappa shape index (κ3) is 6.76. The summed E-state index contributed by atoms with van der Waals surface area (Å²) in [4.78, 5) is 20.0. The van der Waals surface area contributed by atoms with Crippen molar-refractivity contribution in [1.29, 1.82) is 0 Å². The lowest BCUT2D eigenvalue weighted by atomic mass is 10.2. The van der Waals surface area contributed by atoms with Gasteiger partial charge in [0, 0.05) is 57.6 Å². The van der Waals surface area contributed by atoms with E-state index in [9.17, 15) is 18.0 Å². The number of alkyl halides is 3. The van der Waals surface area contributed by atoms with Gasteiger partial charge in [0.25, 0.3) is 5.56 Å². The fraction of sp³-hybridized carbons (Fsp3) is 0.700. The first-order valence-electron chi connectivity index (χ1n) is 10.2. The van der Waals surface area contributed by atoms with Crippen molar-refractivity contribution in [3.05, 3.63) is 34.2 Å². The summed E-state index contributed by atoms with van der Waals surface area (Å²) >= 11 is 0. The molecule has 2 rings (SSSR count). The molecule has 1 unspecified atom stereocenters. The van der Waals surface area contributed by atoms with Crippen LogP contribution in [-0.2, 0) is 6.54 Å². The maximum absolute atomic E-state index is 12.9. The summed E-state index contributed by atoms with van der Waals surface area (Å²) in [5.74, 6) is 0.750. The number of aromatic nitrogens is 1. The van der Waals surface area contributed by atoms with Crippen molar-refractivity contribution in [2.75, 3.05) is 39.3 Å². The Kier molecular flexibility index (Phi) is 8.55. The number of hydrogen-bond acceptors (Lipinski definition) is 3. The van der Waals surface area contributed by atoms with E-state index in [0.717, 1.165) is 24.5 Å². The molecule has 1 aromatic heterocycles. The summed E-state index contributed by atoms with van der Waals surface area (Å²) in [6.45, 7) is 8.85. The molecule has 1 N–H and O–H groups in total. The number of aliphatic imine (C=N–C) groups is 1. The molecule has 6 nitrogen and oxygen atoms in total. The van der Waals surface area contributed by atoms with Gasteiger partial charge >= 0.3 is 6.18 Å². The Balaban J connectivity index is 1.83. The monoisotopic (exact) mass is 415 g/mol. The van der Waals surface area contributed by atoms with Crippen LogP contribution in [0.5, 0.6) is 0 Å². The first-order valence-corrected chi connectivity index (χ1v) is 10.2. The number of nitrogens with zero attached hydrogens (tertiary/aromatic N) is 4. The molecule has 1 atom stereocenters. The zero-order valence-corrected chi connectivity index (χ0v) is 17.5. The molecular weight excluding hydrogens is 383 g/mol. The molecule has 1 saturated heterocycles. The van der Waals surface area contributed by atoms with Crippen LogP contribution in [0.15, 0.2) is 28.0 Å². The third-order valence-corrected chi connectivity index (χ3v) is 5.29. The molecule has 0 radical (unpaired) electrons. The number of piperazine rings is 1. The second-order valence-electron chi connectivity index (χ2n) is 7.34. The van der Waals surface area contributed by atoms with Crippen molar-refractivity contribution >= 4 is 5.96 Å². The molecular formula is C20H32F3N5O. The number of nitrogens with one attached hydrogen (secondary N) is 1. The van der Waals surface area contributed by atoms with Crippen molar-refractivity contribution in [2.45, 2.75) is 52.4 Å². The maximum Gasteiger partial charge on any atom is 0.403 e. The van der Waals surface area contributed by atoms with E-state index in [2.05, 4.69) is 10.3 Å². The highest BCUT2D eigenvalue weighted by Crippen LogP contribution is 2.25. The van der Waals surface area contributed by atoms with E-state index in [1.165, 1.54) is 11.8 Å². The molecule has 1 aromatic rings. The molecule has 1 fully saturated rings. The smallest absolute Gasteiger partial charge is 0.357 e. The second kappa shape index (κ2) is 10.7. The van der Waals surface area contributed by atoms with Crippen LogP contribution < -0.4 is 10.9 Å². The van der Waals surface area contributed by atoms with Gasteiger partial charge in [0.05, 0.1) is 0 Å². The van der Waals surface area contributed by atoms with E-state index in [4.69, 9.17) is 0 Å². The first-order chi connectivity index (χ1) is 13.7. The number of pyridine rings is 1. The molecule has 0 amide bonds. The highest BCUT2D eigenvalue weighted by Gasteiger charge is 2.41. The van der Waals surface area contributed by atoms with E-state index in [0.29, 0.717) is 45.8 Å². The van der Waals surface area contributed by atoms with Crippen LogP contribution in [0.25, 0.3) is 0 Å². The van der Waals surface area contributed by atoms with E-state index in [1.807, 2.05) is 24.8 Å². The van der Waals surface area contributed by atoms with Gasteiger partial charge in [0.1, 0.15) is 6.04 Å². The highest BCUT2D eigenvalue weighted by molar-refractivity contribution is 5.80. The number of guanidine groups is 1. The number of halogens is 3. The Labute approximate surface area is 170 Å². The largest absolute Gasteiger partial charge is 0.403 e. The van der Waals surface area contributed by atoms with Crippen LogP contribution in [0.2, 0.25) is 0 Å². The fourth-order valence-electron chi connectivity index (χ4n) is 3.43. The summed E-state index contributed by atoms with van der Waals surface area (Å²) in [7, 11) is 0. The molecule has 0 saturated carbocycles. The minimum Gasteiger partial charge on any atom is -0.357 e. The minimum atomic E-state index is -4.19. The second-order valence-corrected chi connectivity index (χ2v) is 7.34. The van der Waals surface area contributed by atoms with Crippen molar-refractivity contribution in [3.63, 3.8) is 0 Å². The fourth-order valence-corrected chi connectivity index (χ4v) is 3.43. The van der Waals surface area contributed by atoms with Gasteiger partial charge in [-0.25, -0.2) is 0 Å². The maximum atomic E-state index is 12.9. The third-order valence-electron chi connectivity index (χ3n) is 5.29. The molecule has 1 aliphatic heterocycles. The lowest BCUT2D eigenvalue weighted by molar-refractivity contribution is -0.181. The minimum absolute atomic E-state index is 0.00722. The Morgan fingerprint density at radius 2 is 1.90 bits per heavy atom. The van der Waals surface area contributed by atoms with Gasteiger partial charge in [-0.3, -0.25) is 14.7 Å². The number of rotatable bonds is 7. The highest BCUT2D eigenvalue weighted by atomic mass is 19.4. The predicted octanol–water partition coefficient (Wildman–Crippen LogP) is 2.47. The van der Waals surface area contributed by atoms with Gasteiger partial charge in [0.2, 0.25) is 0 Å². The van der Waals surface area contributed by atoms with Gasteiger partial charge in [-0.05, 0) is 39.7 Å². The average molecular weight is 416 g/mol. The van der Waals surface area contributed by atoms with E-state index in [-0.39, 0.29) is 5.56 Å². The molecule has 1 aliphatic rings. The standard InChI is InChI=1S/C20H32F3N5O/c1-4-24-19(27-14-12-26(13-15-27)17(3)20(21,22)23)25-10-5-6-11-28-16(2)8-7-9-18(28)29/h7-9,17H,4-6,10-15H2,1-3H3,(H,24,25). The zero-order valence-electron chi connectivity index (χ0n) is 17.5. The van der Waals surface area contributed by atoms with Gasteiger partial charge in [-0.15, -0.1) is 0 Å². The quantitative estimate of drug-likeness (QED) is 0.422. The number of unbranched alkanes of at least 4 members (excludes halogenated alkanes) is 1. The normalized spacial score (nSPS) is 17.4. The zero-order chi connectivity index (χ0) is 21.4. The SMILES string of the molecule is CCNC(=NCCCCn1c(C)cccc1=O)N1CCN(C(C)C(F)(F)F)CC1. The van der Waals surface area contributed by atoms with Gasteiger partial charge < -0.3 is 14.8 Å². The van der Waals surface area contributed by atoms with Crippen molar-refractivity contribution in [2.24, 2.45) is 4.99 Å². The summed E-state index contributed by atoms with van der Waals surface area (Å²) in [6, 6.07) is 3.82. The van der Waals surface area contributed by atoms with Crippen LogP contribution in [0.1, 0.15) is 32.4 Å². The Hall–Kier alpha value is -2.03. The summed E-state index contributed by atoms with van der Waals surface area (Å²) in [5.41, 5.74) is 0.952. The molecule has 0 aliphatic carbocycles. The van der Waals surface area contributed by atoms with Crippen LogP contribution in [0.3, 0.4) is 0 Å². The van der Waals surface area contributed by atoms with E-state index >= 15 is 0 Å². The van der Waals surface area contributed by atoms with Crippen LogP contribution in [0, 0.1) is 6.92 Å². The molecule has 0 aromatic carbocycles. The summed E-state index contributed by atoms with van der Waals surface area (Å²) in [6.07, 6.45) is -2.52. The van der Waals surface area contributed by atoms with Crippen molar-refractivity contribution in [3.8, 4) is 0 Å². The van der Waals surface area contributed by atoms with Gasteiger partial charge in [0.15, 0.2) is 5.96 Å². The lowest BCUT2D eigenvalue weighted by Gasteiger charge is -2.39. The molecule has 2 heterocycles. The molecule has 0 bridgehead atoms. The molecule has 9 heteroatoms. The first kappa shape index (κ1) is 23.3. The van der Waals surface area contributed by atoms with Crippen LogP contribution in [-0.4, -0.2) is 71.8 Å². The van der Waals surface area contributed by atoms with Gasteiger partial charge in [-0.2, -0.15) is 13.2 Å². The van der Waals surface area contributed by atoms with Crippen LogP contribution in [0.4, 0.5) is 13.2 Å². The predicted molar refractivity (Wildman–Crippen MR) is 109 cm³/mol. The van der Waals surface area contributed by atoms with E-state index < -0.39 is 12.2 Å².